The maximum Gasteiger partial charge on any atom is 0.416 e. The number of carbonyl (C=O) groups excluding carboxylic acids is 1. The first kappa shape index (κ1) is 25.6. The first-order chi connectivity index (χ1) is 18.7. The van der Waals surface area contributed by atoms with Gasteiger partial charge in [-0.15, -0.1) is 5.10 Å². The van der Waals surface area contributed by atoms with Crippen molar-refractivity contribution in [3.63, 3.8) is 0 Å². The number of alkyl halides is 3. The van der Waals surface area contributed by atoms with Crippen LogP contribution in [-0.4, -0.2) is 59.1 Å². The number of nitrogens with zero attached hydrogens (tertiary/aromatic N) is 8. The fourth-order valence-electron chi connectivity index (χ4n) is 4.78. The zero-order valence-electron chi connectivity index (χ0n) is 20.2. The van der Waals surface area contributed by atoms with Crippen LogP contribution in [0.25, 0.3) is 17.0 Å². The third-order valence-corrected chi connectivity index (χ3v) is 8.02. The summed E-state index contributed by atoms with van der Waals surface area (Å²) in [4.78, 5) is 19.5. The number of piperidine rings is 1. The lowest BCUT2D eigenvalue weighted by Crippen LogP contribution is -2.37. The molecule has 0 saturated carbocycles. The normalized spacial score (nSPS) is 17.9. The van der Waals surface area contributed by atoms with Gasteiger partial charge in [-0.3, -0.25) is 9.48 Å². The van der Waals surface area contributed by atoms with Crippen molar-refractivity contribution in [1.29, 1.82) is 0 Å². The topological polar surface area (TPSA) is 94.1 Å². The average molecular weight is 573 g/mol. The first-order valence-electron chi connectivity index (χ1n) is 12.1. The Hall–Kier alpha value is -3.71. The van der Waals surface area contributed by atoms with Crippen molar-refractivity contribution >= 4 is 51.4 Å². The van der Waals surface area contributed by atoms with Crippen molar-refractivity contribution in [2.45, 2.75) is 31.6 Å². The highest BCUT2D eigenvalue weighted by atomic mass is 35.5. The third kappa shape index (κ3) is 5.28. The Kier molecular flexibility index (Phi) is 6.63. The van der Waals surface area contributed by atoms with Gasteiger partial charge in [0.2, 0.25) is 0 Å². The number of hydrogen-bond donors (Lipinski definition) is 0. The molecule has 1 saturated heterocycles. The van der Waals surface area contributed by atoms with Gasteiger partial charge >= 0.3 is 6.18 Å². The van der Waals surface area contributed by atoms with Crippen LogP contribution in [0.15, 0.2) is 58.8 Å². The fraction of sp³-hybridized carbons (Fsp3) is 0.280. The quantitative estimate of drug-likeness (QED) is 0.316. The van der Waals surface area contributed by atoms with Crippen LogP contribution in [-0.2, 0) is 17.5 Å². The molecule has 2 aromatic heterocycles. The van der Waals surface area contributed by atoms with E-state index >= 15 is 0 Å². The van der Waals surface area contributed by atoms with E-state index in [1.165, 1.54) is 28.6 Å². The van der Waals surface area contributed by atoms with Crippen molar-refractivity contribution < 1.29 is 18.0 Å². The van der Waals surface area contributed by atoms with Gasteiger partial charge in [-0.1, -0.05) is 23.7 Å². The summed E-state index contributed by atoms with van der Waals surface area (Å²) in [5, 5.41) is 17.1. The van der Waals surface area contributed by atoms with E-state index in [0.717, 1.165) is 42.9 Å². The monoisotopic (exact) mass is 572 g/mol. The largest absolute Gasteiger partial charge is 0.416 e. The number of hydrogen-bond acceptors (Lipinski definition) is 7. The van der Waals surface area contributed by atoms with Gasteiger partial charge < -0.3 is 4.90 Å². The number of fused-ring (bicyclic) bond motifs is 1. The summed E-state index contributed by atoms with van der Waals surface area (Å²) in [6.07, 6.45) is 2.15. The van der Waals surface area contributed by atoms with Crippen LogP contribution in [0.1, 0.15) is 35.6 Å². The molecule has 0 unspecified atom stereocenters. The Morgan fingerprint density at radius 2 is 1.95 bits per heavy atom. The lowest BCUT2D eigenvalue weighted by atomic mass is 10.1. The number of carbonyl (C=O) groups is 1. The summed E-state index contributed by atoms with van der Waals surface area (Å²) < 4.78 is 43.9. The summed E-state index contributed by atoms with van der Waals surface area (Å²) in [6.45, 7) is 1.42. The molecular formula is C25H20ClF3N8OS. The highest BCUT2D eigenvalue weighted by Crippen LogP contribution is 2.35. The van der Waals surface area contributed by atoms with Crippen molar-refractivity contribution in [2.75, 3.05) is 13.1 Å². The van der Waals surface area contributed by atoms with Crippen LogP contribution in [0.2, 0.25) is 5.02 Å². The zero-order valence-corrected chi connectivity index (χ0v) is 21.8. The van der Waals surface area contributed by atoms with Gasteiger partial charge in [0, 0.05) is 23.5 Å². The van der Waals surface area contributed by atoms with Crippen LogP contribution in [0.5, 0.6) is 0 Å². The van der Waals surface area contributed by atoms with Gasteiger partial charge in [0.25, 0.3) is 5.91 Å². The molecule has 14 heteroatoms. The number of amidine groups is 1. The predicted octanol–water partition coefficient (Wildman–Crippen LogP) is 5.05. The number of tetrazole rings is 1. The van der Waals surface area contributed by atoms with E-state index in [4.69, 9.17) is 11.6 Å². The van der Waals surface area contributed by atoms with Gasteiger partial charge in [-0.05, 0) is 76.5 Å². The molecule has 4 heterocycles. The van der Waals surface area contributed by atoms with Gasteiger partial charge in [0.15, 0.2) is 5.17 Å². The number of amides is 1. The van der Waals surface area contributed by atoms with Crippen molar-refractivity contribution in [3.05, 3.63) is 75.5 Å². The number of halogens is 4. The van der Waals surface area contributed by atoms with Gasteiger partial charge in [0.05, 0.1) is 34.8 Å². The lowest BCUT2D eigenvalue weighted by molar-refractivity contribution is -0.138. The second-order valence-electron chi connectivity index (χ2n) is 9.24. The number of thioether (sulfide) groups is 1. The number of aromatic nitrogens is 6. The molecule has 0 aliphatic carbocycles. The van der Waals surface area contributed by atoms with Crippen molar-refractivity contribution in [3.8, 4) is 0 Å². The molecule has 0 atom stereocenters. The molecule has 9 nitrogen and oxygen atoms in total. The molecule has 0 bridgehead atoms. The predicted molar refractivity (Wildman–Crippen MR) is 141 cm³/mol. The smallest absolute Gasteiger partial charge is 0.351 e. The summed E-state index contributed by atoms with van der Waals surface area (Å²) in [5.41, 5.74) is 0.733. The van der Waals surface area contributed by atoms with E-state index in [2.05, 4.69) is 30.5 Å². The highest BCUT2D eigenvalue weighted by Gasteiger charge is 2.34. The number of rotatable bonds is 4. The van der Waals surface area contributed by atoms with Gasteiger partial charge in [-0.25, -0.2) is 4.68 Å². The molecule has 39 heavy (non-hydrogen) atoms. The van der Waals surface area contributed by atoms with Gasteiger partial charge in [0.1, 0.15) is 6.33 Å². The van der Waals surface area contributed by atoms with E-state index in [9.17, 15) is 18.0 Å². The SMILES string of the molecule is O=C1N=C(N2CCC(n3cnnn3)CC2)SC1=Cc1ccc2c(cnn2Cc2ccc(Cl)cc2C(F)(F)F)c1. The van der Waals surface area contributed by atoms with Crippen LogP contribution >= 0.6 is 23.4 Å². The van der Waals surface area contributed by atoms with Crippen molar-refractivity contribution in [2.24, 2.45) is 4.99 Å². The molecular weight excluding hydrogens is 553 g/mol. The molecule has 0 N–H and O–H groups in total. The number of benzene rings is 2. The maximum atomic E-state index is 13.5. The second kappa shape index (κ2) is 10.1. The average Bonchev–Trinajstić information content (AvgIpc) is 3.66. The molecule has 2 aliphatic rings. The van der Waals surface area contributed by atoms with Crippen molar-refractivity contribution in [1.82, 2.24) is 34.9 Å². The summed E-state index contributed by atoms with van der Waals surface area (Å²) >= 11 is 7.14. The number of likely N-dealkylation sites (tertiary alicyclic amines) is 1. The Labute approximate surface area is 229 Å². The summed E-state index contributed by atoms with van der Waals surface area (Å²) in [5.74, 6) is -0.296. The molecule has 0 radical (unpaired) electrons. The Balaban J connectivity index is 1.16. The van der Waals surface area contributed by atoms with E-state index in [0.29, 0.717) is 15.6 Å². The highest BCUT2D eigenvalue weighted by molar-refractivity contribution is 8.18. The molecule has 4 aromatic rings. The Bertz CT molecular complexity index is 1610. The van der Waals surface area contributed by atoms with E-state index in [-0.39, 0.29) is 29.1 Å². The Morgan fingerprint density at radius 3 is 2.69 bits per heavy atom. The van der Waals surface area contributed by atoms with E-state index in [1.54, 1.807) is 29.3 Å². The number of aliphatic imine (C=N–C) groups is 1. The molecule has 2 aromatic carbocycles. The lowest BCUT2D eigenvalue weighted by Gasteiger charge is -2.32. The molecule has 0 spiro atoms. The molecule has 6 rings (SSSR count). The van der Waals surface area contributed by atoms with Crippen LogP contribution < -0.4 is 0 Å². The molecule has 1 amide bonds. The van der Waals surface area contributed by atoms with E-state index in [1.807, 2.05) is 12.1 Å². The van der Waals surface area contributed by atoms with E-state index < -0.39 is 11.7 Å². The Morgan fingerprint density at radius 1 is 1.13 bits per heavy atom. The maximum absolute atomic E-state index is 13.5. The van der Waals surface area contributed by atoms with Gasteiger partial charge in [-0.2, -0.15) is 23.3 Å². The minimum absolute atomic E-state index is 0.0226. The molecule has 2 aliphatic heterocycles. The van der Waals surface area contributed by atoms with Crippen LogP contribution in [0.3, 0.4) is 0 Å². The second-order valence-corrected chi connectivity index (χ2v) is 10.7. The fourth-order valence-corrected chi connectivity index (χ4v) is 5.91. The van der Waals surface area contributed by atoms with Crippen LogP contribution in [0, 0.1) is 0 Å². The minimum atomic E-state index is -4.53. The molecule has 200 valence electrons. The zero-order chi connectivity index (χ0) is 27.1. The third-order valence-electron chi connectivity index (χ3n) is 6.74. The summed E-state index contributed by atoms with van der Waals surface area (Å²) in [7, 11) is 0. The summed E-state index contributed by atoms with van der Waals surface area (Å²) in [6, 6.07) is 9.40. The first-order valence-corrected chi connectivity index (χ1v) is 13.3. The minimum Gasteiger partial charge on any atom is -0.351 e. The molecule has 1 fully saturated rings. The van der Waals surface area contributed by atoms with Crippen LogP contribution in [0.4, 0.5) is 13.2 Å². The standard InChI is InChI=1S/C25H20ClF3N8OS/c26-18-3-2-16(20(11-18)25(27,28)29)13-36-21-4-1-15(9-17(21)12-31-36)10-22-23(38)32-24(39-22)35-7-5-19(6-8-35)37-14-30-33-34-37/h1-4,9-12,14,19H,5-8,13H2.